The fourth-order valence-electron chi connectivity index (χ4n) is 1.97. The van der Waals surface area contributed by atoms with Gasteiger partial charge in [-0.05, 0) is 27.7 Å². The number of carbonyl (C=O) groups excluding carboxylic acids is 2. The quantitative estimate of drug-likeness (QED) is 0.746. The van der Waals surface area contributed by atoms with Gasteiger partial charge < -0.3 is 5.32 Å². The Labute approximate surface area is 105 Å². The first kappa shape index (κ1) is 16.1. The van der Waals surface area contributed by atoms with Gasteiger partial charge in [0.05, 0.1) is 0 Å². The average molecular weight is 242 g/mol. The van der Waals surface area contributed by atoms with Crippen LogP contribution in [0.2, 0.25) is 0 Å². The van der Waals surface area contributed by atoms with Crippen molar-refractivity contribution in [3.05, 3.63) is 0 Å². The van der Waals surface area contributed by atoms with Crippen molar-refractivity contribution in [3.63, 3.8) is 0 Å². The lowest BCUT2D eigenvalue weighted by molar-refractivity contribution is -0.138. The summed E-state index contributed by atoms with van der Waals surface area (Å²) in [4.78, 5) is 25.6. The molecule has 0 aliphatic carbocycles. The Kier molecular flexibility index (Phi) is 5.82. The summed E-state index contributed by atoms with van der Waals surface area (Å²) in [6, 6.07) is 0. The average Bonchev–Trinajstić information content (AvgIpc) is 2.16. The zero-order chi connectivity index (χ0) is 12.3. The van der Waals surface area contributed by atoms with Crippen molar-refractivity contribution in [2.75, 3.05) is 19.6 Å². The third-order valence-electron chi connectivity index (χ3n) is 3.04. The fraction of sp³-hybridized carbons (Fsp3) is 0.846. The number of amides is 1. The Hall–Kier alpha value is -0.900. The van der Waals surface area contributed by atoms with E-state index >= 15 is 0 Å². The van der Waals surface area contributed by atoms with Crippen LogP contribution < -0.4 is 5.32 Å². The first-order valence-electron chi connectivity index (χ1n) is 5.91. The summed E-state index contributed by atoms with van der Waals surface area (Å²) in [5.74, 6) is -0.527. The summed E-state index contributed by atoms with van der Waals surface area (Å²) in [6.07, 6.45) is 0.485. The Morgan fingerprint density at radius 3 is 2.53 bits per heavy atom. The number of hydrogen-bond donors (Lipinski definition) is 1. The van der Waals surface area contributed by atoms with Crippen LogP contribution in [0.15, 0.2) is 0 Å². The molecule has 4 heteroatoms. The zero-order valence-electron chi connectivity index (χ0n) is 10.7. The van der Waals surface area contributed by atoms with E-state index < -0.39 is 5.92 Å². The molecule has 1 atom stereocenters. The number of carbonyl (C=O) groups is 2. The minimum absolute atomic E-state index is 0. The highest BCUT2D eigenvalue weighted by Crippen LogP contribution is 2.21. The molecule has 100 valence electrons. The highest BCUT2D eigenvalue weighted by atomic mass is 16.2. The van der Waals surface area contributed by atoms with E-state index in [1.807, 2.05) is 6.92 Å². The normalized spacial score (nSPS) is 21.9. The number of hydrogen-bond acceptors (Lipinski definition) is 3. The monoisotopic (exact) mass is 242 g/mol. The Morgan fingerprint density at radius 2 is 2.06 bits per heavy atom. The maximum Gasteiger partial charge on any atom is 0.231 e. The SMILES string of the molecule is C.CCNC(=O)C1CN(C(C)(C)C)CCC1=O. The van der Waals surface area contributed by atoms with E-state index in [4.69, 9.17) is 0 Å². The number of rotatable bonds is 2. The van der Waals surface area contributed by atoms with Gasteiger partial charge in [0.25, 0.3) is 0 Å². The first-order chi connectivity index (χ1) is 7.36. The van der Waals surface area contributed by atoms with Gasteiger partial charge in [-0.2, -0.15) is 0 Å². The van der Waals surface area contributed by atoms with Gasteiger partial charge in [0, 0.05) is 31.6 Å². The topological polar surface area (TPSA) is 49.4 Å². The second-order valence-electron chi connectivity index (χ2n) is 5.28. The van der Waals surface area contributed by atoms with Gasteiger partial charge in [-0.15, -0.1) is 0 Å². The van der Waals surface area contributed by atoms with Crippen LogP contribution in [0.25, 0.3) is 0 Å². The van der Waals surface area contributed by atoms with Gasteiger partial charge >= 0.3 is 0 Å². The van der Waals surface area contributed by atoms with Gasteiger partial charge in [-0.1, -0.05) is 7.43 Å². The van der Waals surface area contributed by atoms with Gasteiger partial charge in [0.2, 0.25) is 5.91 Å². The molecule has 1 N–H and O–H groups in total. The summed E-state index contributed by atoms with van der Waals surface area (Å²) in [5.41, 5.74) is 0.0193. The summed E-state index contributed by atoms with van der Waals surface area (Å²) < 4.78 is 0. The maximum atomic E-state index is 11.7. The molecule has 1 amide bonds. The largest absolute Gasteiger partial charge is 0.356 e. The molecule has 0 aromatic rings. The van der Waals surface area contributed by atoms with E-state index in [1.165, 1.54) is 0 Å². The molecular formula is C13H26N2O2. The highest BCUT2D eigenvalue weighted by molar-refractivity contribution is 6.02. The van der Waals surface area contributed by atoms with Crippen LogP contribution in [-0.4, -0.2) is 41.8 Å². The molecule has 17 heavy (non-hydrogen) atoms. The molecule has 1 aliphatic heterocycles. The summed E-state index contributed by atoms with van der Waals surface area (Å²) >= 11 is 0. The lowest BCUT2D eigenvalue weighted by Crippen LogP contribution is -2.53. The summed E-state index contributed by atoms with van der Waals surface area (Å²) in [5, 5.41) is 2.73. The van der Waals surface area contributed by atoms with E-state index in [0.717, 1.165) is 6.54 Å². The smallest absolute Gasteiger partial charge is 0.231 e. The van der Waals surface area contributed by atoms with Crippen molar-refractivity contribution >= 4 is 11.7 Å². The van der Waals surface area contributed by atoms with Crippen molar-refractivity contribution in [1.82, 2.24) is 10.2 Å². The minimum Gasteiger partial charge on any atom is -0.356 e. The predicted octanol–water partition coefficient (Wildman–Crippen LogP) is 1.45. The number of nitrogens with one attached hydrogen (secondary N) is 1. The number of ketones is 1. The molecule has 4 nitrogen and oxygen atoms in total. The third-order valence-corrected chi connectivity index (χ3v) is 3.04. The van der Waals surface area contributed by atoms with E-state index in [9.17, 15) is 9.59 Å². The van der Waals surface area contributed by atoms with Gasteiger partial charge in [-0.3, -0.25) is 14.5 Å². The van der Waals surface area contributed by atoms with Crippen molar-refractivity contribution in [1.29, 1.82) is 0 Å². The van der Waals surface area contributed by atoms with Crippen molar-refractivity contribution in [2.24, 2.45) is 5.92 Å². The zero-order valence-corrected chi connectivity index (χ0v) is 10.7. The van der Waals surface area contributed by atoms with Gasteiger partial charge in [0.15, 0.2) is 0 Å². The lowest BCUT2D eigenvalue weighted by atomic mass is 9.91. The molecular weight excluding hydrogens is 216 g/mol. The molecule has 0 radical (unpaired) electrons. The molecule has 0 bridgehead atoms. The van der Waals surface area contributed by atoms with E-state index in [1.54, 1.807) is 0 Å². The van der Waals surface area contributed by atoms with Crippen LogP contribution in [0, 0.1) is 5.92 Å². The molecule has 0 spiro atoms. The van der Waals surface area contributed by atoms with Crippen LogP contribution in [0.5, 0.6) is 0 Å². The fourth-order valence-corrected chi connectivity index (χ4v) is 1.97. The Balaban J connectivity index is 0.00000256. The number of nitrogens with zero attached hydrogens (tertiary/aromatic N) is 1. The molecule has 1 unspecified atom stereocenters. The van der Waals surface area contributed by atoms with Crippen LogP contribution in [0.3, 0.4) is 0 Å². The molecule has 1 heterocycles. The van der Waals surface area contributed by atoms with E-state index in [2.05, 4.69) is 31.0 Å². The van der Waals surface area contributed by atoms with Crippen LogP contribution in [-0.2, 0) is 9.59 Å². The highest BCUT2D eigenvalue weighted by Gasteiger charge is 2.36. The third kappa shape index (κ3) is 4.11. The van der Waals surface area contributed by atoms with Gasteiger partial charge in [0.1, 0.15) is 11.7 Å². The summed E-state index contributed by atoms with van der Waals surface area (Å²) in [6.45, 7) is 10.1. The first-order valence-corrected chi connectivity index (χ1v) is 5.91. The lowest BCUT2D eigenvalue weighted by Gasteiger charge is -2.40. The molecule has 0 aromatic carbocycles. The second kappa shape index (κ2) is 6.15. The molecule has 0 aromatic heterocycles. The molecule has 0 saturated carbocycles. The molecule has 1 fully saturated rings. The number of piperidine rings is 1. The van der Waals surface area contributed by atoms with Crippen LogP contribution >= 0.6 is 0 Å². The van der Waals surface area contributed by atoms with E-state index in [-0.39, 0.29) is 24.7 Å². The van der Waals surface area contributed by atoms with Crippen LogP contribution in [0.4, 0.5) is 0 Å². The summed E-state index contributed by atoms with van der Waals surface area (Å²) in [7, 11) is 0. The van der Waals surface area contributed by atoms with Gasteiger partial charge in [-0.25, -0.2) is 0 Å². The number of likely N-dealkylation sites (tertiary alicyclic amines) is 1. The minimum atomic E-state index is -0.479. The number of Topliss-reactive ketones (excluding diaryl/α,β-unsaturated/α-hetero) is 1. The van der Waals surface area contributed by atoms with Crippen molar-refractivity contribution in [2.45, 2.75) is 47.1 Å². The van der Waals surface area contributed by atoms with Crippen molar-refractivity contribution in [3.8, 4) is 0 Å². The Bertz CT molecular complexity index is 282. The maximum absolute atomic E-state index is 11.7. The van der Waals surface area contributed by atoms with E-state index in [0.29, 0.717) is 19.5 Å². The predicted molar refractivity (Wildman–Crippen MR) is 69.9 cm³/mol. The van der Waals surface area contributed by atoms with Crippen LogP contribution in [0.1, 0.15) is 41.5 Å². The Morgan fingerprint density at radius 1 is 1.47 bits per heavy atom. The van der Waals surface area contributed by atoms with Crippen molar-refractivity contribution < 1.29 is 9.59 Å². The molecule has 1 aliphatic rings. The molecule has 1 saturated heterocycles. The molecule has 1 rings (SSSR count). The standard InChI is InChI=1S/C12H22N2O2.CH4/c1-5-13-11(16)9-8-14(12(2,3)4)7-6-10(9)15;/h9H,5-8H2,1-4H3,(H,13,16);1H4. The second-order valence-corrected chi connectivity index (χ2v) is 5.28.